The molecule has 0 radical (unpaired) electrons. The van der Waals surface area contributed by atoms with Crippen molar-refractivity contribution < 1.29 is 13.9 Å². The largest absolute Gasteiger partial charge is 0.461 e. The fourth-order valence-electron chi connectivity index (χ4n) is 1.68. The van der Waals surface area contributed by atoms with Crippen LogP contribution in [0.25, 0.3) is 0 Å². The fourth-order valence-corrected chi connectivity index (χ4v) is 1.68. The minimum absolute atomic E-state index is 0.000267. The second-order valence-corrected chi connectivity index (χ2v) is 4.07. The number of hydrogen-bond donors (Lipinski definition) is 0. The predicted molar refractivity (Wildman–Crippen MR) is 69.2 cm³/mol. The van der Waals surface area contributed by atoms with Crippen molar-refractivity contribution in [2.24, 2.45) is 0 Å². The van der Waals surface area contributed by atoms with Crippen LogP contribution in [0.1, 0.15) is 22.5 Å². The van der Waals surface area contributed by atoms with Crippen LogP contribution in [0, 0.1) is 5.95 Å². The van der Waals surface area contributed by atoms with E-state index >= 15 is 0 Å². The molecule has 0 atom stereocenters. The number of pyridine rings is 1. The standard InChI is InChI=1S/C15H14FNO2/c16-14-10-4-9-13(17-14)15(18)19-11-5-8-12-6-2-1-3-7-12/h1-4,6-7,9-10H,5,8,11H2. The first-order valence-electron chi connectivity index (χ1n) is 6.09. The Balaban J connectivity index is 1.75. The first-order valence-corrected chi connectivity index (χ1v) is 6.09. The molecule has 0 N–H and O–H groups in total. The van der Waals surface area contributed by atoms with Crippen molar-refractivity contribution in [3.05, 3.63) is 65.7 Å². The Bertz CT molecular complexity index is 543. The molecule has 19 heavy (non-hydrogen) atoms. The Hall–Kier alpha value is -2.23. The highest BCUT2D eigenvalue weighted by Crippen LogP contribution is 2.04. The summed E-state index contributed by atoms with van der Waals surface area (Å²) in [7, 11) is 0. The maximum Gasteiger partial charge on any atom is 0.357 e. The summed E-state index contributed by atoms with van der Waals surface area (Å²) in [5, 5.41) is 0. The van der Waals surface area contributed by atoms with Crippen LogP contribution in [0.2, 0.25) is 0 Å². The predicted octanol–water partition coefficient (Wildman–Crippen LogP) is 3.01. The molecule has 2 rings (SSSR count). The lowest BCUT2D eigenvalue weighted by Crippen LogP contribution is -2.09. The maximum atomic E-state index is 12.8. The molecule has 0 aliphatic rings. The van der Waals surface area contributed by atoms with Crippen molar-refractivity contribution in [1.82, 2.24) is 4.98 Å². The van der Waals surface area contributed by atoms with Crippen molar-refractivity contribution in [3.63, 3.8) is 0 Å². The molecule has 4 heteroatoms. The lowest BCUT2D eigenvalue weighted by molar-refractivity contribution is 0.0492. The van der Waals surface area contributed by atoms with Gasteiger partial charge in [0.1, 0.15) is 0 Å². The second-order valence-electron chi connectivity index (χ2n) is 4.07. The van der Waals surface area contributed by atoms with E-state index in [1.165, 1.54) is 23.8 Å². The van der Waals surface area contributed by atoms with Crippen LogP contribution < -0.4 is 0 Å². The van der Waals surface area contributed by atoms with Crippen LogP contribution in [-0.2, 0) is 11.2 Å². The Labute approximate surface area is 111 Å². The van der Waals surface area contributed by atoms with Gasteiger partial charge < -0.3 is 4.74 Å². The smallest absolute Gasteiger partial charge is 0.357 e. The van der Waals surface area contributed by atoms with Crippen LogP contribution in [-0.4, -0.2) is 17.6 Å². The zero-order valence-corrected chi connectivity index (χ0v) is 10.4. The van der Waals surface area contributed by atoms with Gasteiger partial charge in [0.05, 0.1) is 6.61 Å². The van der Waals surface area contributed by atoms with Crippen LogP contribution in [0.15, 0.2) is 48.5 Å². The van der Waals surface area contributed by atoms with Gasteiger partial charge in [-0.3, -0.25) is 0 Å². The summed E-state index contributed by atoms with van der Waals surface area (Å²) < 4.78 is 17.9. The monoisotopic (exact) mass is 259 g/mol. The van der Waals surface area contributed by atoms with Gasteiger partial charge in [-0.2, -0.15) is 4.39 Å². The van der Waals surface area contributed by atoms with Gasteiger partial charge in [0.2, 0.25) is 5.95 Å². The van der Waals surface area contributed by atoms with Crippen LogP contribution in [0.5, 0.6) is 0 Å². The number of rotatable bonds is 5. The molecule has 1 aromatic carbocycles. The molecule has 0 amide bonds. The summed E-state index contributed by atoms with van der Waals surface area (Å²) in [6, 6.07) is 14.0. The van der Waals surface area contributed by atoms with E-state index in [9.17, 15) is 9.18 Å². The third-order valence-corrected chi connectivity index (χ3v) is 2.61. The van der Waals surface area contributed by atoms with Crippen molar-refractivity contribution in [3.8, 4) is 0 Å². The van der Waals surface area contributed by atoms with Crippen LogP contribution in [0.4, 0.5) is 4.39 Å². The average molecular weight is 259 g/mol. The van der Waals surface area contributed by atoms with Gasteiger partial charge in [0.25, 0.3) is 0 Å². The van der Waals surface area contributed by atoms with E-state index in [0.29, 0.717) is 6.61 Å². The number of halogens is 1. The third-order valence-electron chi connectivity index (χ3n) is 2.61. The van der Waals surface area contributed by atoms with E-state index in [2.05, 4.69) is 4.98 Å². The van der Waals surface area contributed by atoms with E-state index in [4.69, 9.17) is 4.74 Å². The molecule has 2 aromatic rings. The summed E-state index contributed by atoms with van der Waals surface area (Å²) in [5.74, 6) is -1.27. The lowest BCUT2D eigenvalue weighted by Gasteiger charge is -2.04. The van der Waals surface area contributed by atoms with E-state index in [1.54, 1.807) is 0 Å². The van der Waals surface area contributed by atoms with E-state index in [1.807, 2.05) is 30.3 Å². The molecular weight excluding hydrogens is 245 g/mol. The highest BCUT2D eigenvalue weighted by atomic mass is 19.1. The second kappa shape index (κ2) is 6.64. The number of nitrogens with zero attached hydrogens (tertiary/aromatic N) is 1. The van der Waals surface area contributed by atoms with Gasteiger partial charge in [-0.15, -0.1) is 0 Å². The maximum absolute atomic E-state index is 12.8. The third kappa shape index (κ3) is 4.17. The normalized spacial score (nSPS) is 10.2. The van der Waals surface area contributed by atoms with Gasteiger partial charge in [0, 0.05) is 0 Å². The summed E-state index contributed by atoms with van der Waals surface area (Å²) in [6.45, 7) is 0.298. The molecule has 0 unspecified atom stereocenters. The highest BCUT2D eigenvalue weighted by Gasteiger charge is 2.09. The number of aryl methyl sites for hydroxylation is 1. The van der Waals surface area contributed by atoms with Gasteiger partial charge >= 0.3 is 5.97 Å². The summed E-state index contributed by atoms with van der Waals surface area (Å²) >= 11 is 0. The molecule has 0 saturated heterocycles. The fraction of sp³-hybridized carbons (Fsp3) is 0.200. The average Bonchev–Trinajstić information content (AvgIpc) is 2.44. The van der Waals surface area contributed by atoms with Crippen molar-refractivity contribution in [2.75, 3.05) is 6.61 Å². The number of benzene rings is 1. The minimum Gasteiger partial charge on any atom is -0.461 e. The van der Waals surface area contributed by atoms with Crippen molar-refractivity contribution in [1.29, 1.82) is 0 Å². The first kappa shape index (κ1) is 13.2. The quantitative estimate of drug-likeness (QED) is 0.470. The Morgan fingerprint density at radius 1 is 1.11 bits per heavy atom. The topological polar surface area (TPSA) is 39.2 Å². The molecule has 98 valence electrons. The van der Waals surface area contributed by atoms with Gasteiger partial charge in [-0.1, -0.05) is 36.4 Å². The number of ether oxygens (including phenoxy) is 1. The molecular formula is C15H14FNO2. The first-order chi connectivity index (χ1) is 9.25. The molecule has 1 heterocycles. The molecule has 0 saturated carbocycles. The summed E-state index contributed by atoms with van der Waals surface area (Å²) in [5.41, 5.74) is 1.20. The zero-order chi connectivity index (χ0) is 13.5. The summed E-state index contributed by atoms with van der Waals surface area (Å²) in [4.78, 5) is 15.0. The van der Waals surface area contributed by atoms with Crippen LogP contribution in [0.3, 0.4) is 0 Å². The Kier molecular flexibility index (Phi) is 4.61. The molecule has 1 aromatic heterocycles. The van der Waals surface area contributed by atoms with E-state index in [0.717, 1.165) is 12.8 Å². The molecule has 0 bridgehead atoms. The molecule has 3 nitrogen and oxygen atoms in total. The SMILES string of the molecule is O=C(OCCCc1ccccc1)c1cccc(F)n1. The van der Waals surface area contributed by atoms with Gasteiger partial charge in [0.15, 0.2) is 5.69 Å². The summed E-state index contributed by atoms with van der Waals surface area (Å²) in [6.07, 6.45) is 1.57. The molecule has 0 fully saturated rings. The van der Waals surface area contributed by atoms with Crippen LogP contribution >= 0.6 is 0 Å². The molecule has 0 aliphatic heterocycles. The Morgan fingerprint density at radius 3 is 2.63 bits per heavy atom. The van der Waals surface area contributed by atoms with Crippen molar-refractivity contribution >= 4 is 5.97 Å². The van der Waals surface area contributed by atoms with Gasteiger partial charge in [-0.25, -0.2) is 9.78 Å². The lowest BCUT2D eigenvalue weighted by atomic mass is 10.1. The van der Waals surface area contributed by atoms with E-state index in [-0.39, 0.29) is 5.69 Å². The van der Waals surface area contributed by atoms with Gasteiger partial charge in [-0.05, 0) is 30.5 Å². The number of esters is 1. The zero-order valence-electron chi connectivity index (χ0n) is 10.4. The molecule has 0 aliphatic carbocycles. The number of hydrogen-bond acceptors (Lipinski definition) is 3. The van der Waals surface area contributed by atoms with E-state index < -0.39 is 11.9 Å². The highest BCUT2D eigenvalue weighted by molar-refractivity contribution is 5.87. The number of carbonyl (C=O) groups is 1. The number of aromatic nitrogens is 1. The van der Waals surface area contributed by atoms with Crippen molar-refractivity contribution in [2.45, 2.75) is 12.8 Å². The Morgan fingerprint density at radius 2 is 1.89 bits per heavy atom. The minimum atomic E-state index is -0.682. The number of carbonyl (C=O) groups excluding carboxylic acids is 1. The molecule has 0 spiro atoms.